The van der Waals surface area contributed by atoms with Crippen LogP contribution < -0.4 is 20.1 Å². The lowest BCUT2D eigenvalue weighted by Gasteiger charge is -2.35. The van der Waals surface area contributed by atoms with Crippen LogP contribution in [0.15, 0.2) is 30.6 Å². The highest BCUT2D eigenvalue weighted by molar-refractivity contribution is 5.45. The highest BCUT2D eigenvalue weighted by Gasteiger charge is 2.20. The van der Waals surface area contributed by atoms with Gasteiger partial charge in [-0.1, -0.05) is 6.07 Å². The third-order valence-corrected chi connectivity index (χ3v) is 4.18. The Kier molecular flexibility index (Phi) is 3.63. The van der Waals surface area contributed by atoms with E-state index in [0.717, 1.165) is 50.0 Å². The van der Waals surface area contributed by atoms with E-state index in [1.54, 1.807) is 12.4 Å². The van der Waals surface area contributed by atoms with E-state index in [-0.39, 0.29) is 0 Å². The van der Waals surface area contributed by atoms with Crippen LogP contribution in [0.2, 0.25) is 0 Å². The van der Waals surface area contributed by atoms with Crippen LogP contribution in [0.5, 0.6) is 11.5 Å². The van der Waals surface area contributed by atoms with Gasteiger partial charge in [0.1, 0.15) is 11.6 Å². The number of nitrogens with two attached hydrogens (primary N) is 1. The molecule has 0 bridgehead atoms. The summed E-state index contributed by atoms with van der Waals surface area (Å²) < 4.78 is 10.8. The fourth-order valence-electron chi connectivity index (χ4n) is 2.96. The molecule has 0 radical (unpaired) electrons. The van der Waals surface area contributed by atoms with E-state index >= 15 is 0 Å². The Morgan fingerprint density at radius 3 is 2.70 bits per heavy atom. The van der Waals surface area contributed by atoms with Crippen LogP contribution in [-0.4, -0.2) is 47.8 Å². The van der Waals surface area contributed by atoms with Crippen LogP contribution in [0.25, 0.3) is 0 Å². The standard InChI is InChI=1S/C16H19N5O2/c17-15-8-18-9-16(19-15)21-5-3-20(4-6-21)10-12-1-2-13-14(7-12)23-11-22-13/h1-2,7-9H,3-6,10-11H2,(H2,17,19). The first-order valence-corrected chi connectivity index (χ1v) is 7.71. The zero-order chi connectivity index (χ0) is 15.6. The van der Waals surface area contributed by atoms with E-state index in [1.807, 2.05) is 6.07 Å². The molecule has 2 aliphatic heterocycles. The fourth-order valence-corrected chi connectivity index (χ4v) is 2.96. The molecule has 120 valence electrons. The molecule has 0 aliphatic carbocycles. The van der Waals surface area contributed by atoms with E-state index in [0.29, 0.717) is 12.6 Å². The van der Waals surface area contributed by atoms with Gasteiger partial charge in [-0.25, -0.2) is 4.98 Å². The van der Waals surface area contributed by atoms with Gasteiger partial charge >= 0.3 is 0 Å². The first-order chi connectivity index (χ1) is 11.3. The van der Waals surface area contributed by atoms with Gasteiger partial charge in [0.15, 0.2) is 11.5 Å². The van der Waals surface area contributed by atoms with Crippen molar-refractivity contribution >= 4 is 11.6 Å². The predicted molar refractivity (Wildman–Crippen MR) is 86.5 cm³/mol. The molecule has 7 nitrogen and oxygen atoms in total. The van der Waals surface area contributed by atoms with Crippen LogP contribution in [-0.2, 0) is 6.54 Å². The molecule has 7 heteroatoms. The molecule has 3 heterocycles. The zero-order valence-electron chi connectivity index (χ0n) is 12.8. The second kappa shape index (κ2) is 5.92. The highest BCUT2D eigenvalue weighted by atomic mass is 16.7. The Bertz CT molecular complexity index is 701. The lowest BCUT2D eigenvalue weighted by Crippen LogP contribution is -2.46. The second-order valence-electron chi connectivity index (χ2n) is 5.75. The predicted octanol–water partition coefficient (Wildman–Crippen LogP) is 1.11. The number of nitrogen functional groups attached to an aromatic ring is 1. The molecule has 23 heavy (non-hydrogen) atoms. The van der Waals surface area contributed by atoms with Crippen molar-refractivity contribution in [1.82, 2.24) is 14.9 Å². The summed E-state index contributed by atoms with van der Waals surface area (Å²) in [7, 11) is 0. The number of aromatic nitrogens is 2. The molecular formula is C16H19N5O2. The Hall–Kier alpha value is -2.54. The number of anilines is 2. The molecule has 1 fully saturated rings. The Balaban J connectivity index is 1.36. The van der Waals surface area contributed by atoms with Crippen LogP contribution in [0.4, 0.5) is 11.6 Å². The van der Waals surface area contributed by atoms with Crippen molar-refractivity contribution in [2.24, 2.45) is 0 Å². The minimum absolute atomic E-state index is 0.318. The van der Waals surface area contributed by atoms with Crippen molar-refractivity contribution in [2.45, 2.75) is 6.54 Å². The van der Waals surface area contributed by atoms with Crippen molar-refractivity contribution in [3.63, 3.8) is 0 Å². The van der Waals surface area contributed by atoms with Gasteiger partial charge < -0.3 is 20.1 Å². The number of hydrogen-bond donors (Lipinski definition) is 1. The van der Waals surface area contributed by atoms with Crippen LogP contribution >= 0.6 is 0 Å². The molecule has 0 saturated carbocycles. The third kappa shape index (κ3) is 3.00. The number of piperazine rings is 1. The summed E-state index contributed by atoms with van der Waals surface area (Å²) in [5, 5.41) is 0. The number of nitrogens with zero attached hydrogens (tertiary/aromatic N) is 4. The highest BCUT2D eigenvalue weighted by Crippen LogP contribution is 2.32. The number of hydrogen-bond acceptors (Lipinski definition) is 7. The average Bonchev–Trinajstić information content (AvgIpc) is 3.03. The fraction of sp³-hybridized carbons (Fsp3) is 0.375. The summed E-state index contributed by atoms with van der Waals surface area (Å²) in [6.45, 7) is 5.02. The van der Waals surface area contributed by atoms with Gasteiger partial charge in [-0.15, -0.1) is 0 Å². The number of ether oxygens (including phenoxy) is 2. The van der Waals surface area contributed by atoms with Gasteiger partial charge in [-0.05, 0) is 17.7 Å². The van der Waals surface area contributed by atoms with Gasteiger partial charge in [-0.3, -0.25) is 9.88 Å². The van der Waals surface area contributed by atoms with Gasteiger partial charge in [0.25, 0.3) is 0 Å². The van der Waals surface area contributed by atoms with Gasteiger partial charge in [0, 0.05) is 32.7 Å². The first kappa shape index (κ1) is 14.1. The Labute approximate surface area is 134 Å². The summed E-state index contributed by atoms with van der Waals surface area (Å²) in [5.41, 5.74) is 6.95. The van der Waals surface area contributed by atoms with E-state index in [1.165, 1.54) is 5.56 Å². The minimum Gasteiger partial charge on any atom is -0.454 e. The molecule has 1 saturated heterocycles. The van der Waals surface area contributed by atoms with E-state index in [9.17, 15) is 0 Å². The number of rotatable bonds is 3. The lowest BCUT2D eigenvalue weighted by molar-refractivity contribution is 0.174. The molecule has 4 rings (SSSR count). The topological polar surface area (TPSA) is 76.7 Å². The molecule has 0 atom stereocenters. The molecule has 2 aliphatic rings. The second-order valence-corrected chi connectivity index (χ2v) is 5.75. The smallest absolute Gasteiger partial charge is 0.231 e. The van der Waals surface area contributed by atoms with Crippen molar-refractivity contribution in [3.05, 3.63) is 36.2 Å². The maximum atomic E-state index is 5.71. The normalized spacial score (nSPS) is 17.5. The quantitative estimate of drug-likeness (QED) is 0.909. The van der Waals surface area contributed by atoms with E-state index in [4.69, 9.17) is 15.2 Å². The minimum atomic E-state index is 0.318. The molecule has 2 aromatic rings. The van der Waals surface area contributed by atoms with Crippen LogP contribution in [0.3, 0.4) is 0 Å². The summed E-state index contributed by atoms with van der Waals surface area (Å²) >= 11 is 0. The summed E-state index contributed by atoms with van der Waals surface area (Å²) in [5.74, 6) is 2.99. The van der Waals surface area contributed by atoms with Gasteiger partial charge in [0.05, 0.1) is 12.4 Å². The maximum absolute atomic E-state index is 5.71. The van der Waals surface area contributed by atoms with Crippen molar-refractivity contribution < 1.29 is 9.47 Å². The molecule has 0 unspecified atom stereocenters. The van der Waals surface area contributed by atoms with Crippen molar-refractivity contribution in [1.29, 1.82) is 0 Å². The van der Waals surface area contributed by atoms with E-state index < -0.39 is 0 Å². The largest absolute Gasteiger partial charge is 0.454 e. The van der Waals surface area contributed by atoms with Gasteiger partial charge in [0.2, 0.25) is 6.79 Å². The molecule has 1 aromatic heterocycles. The SMILES string of the molecule is Nc1cncc(N2CCN(Cc3ccc4c(c3)OCO4)CC2)n1. The Morgan fingerprint density at radius 2 is 1.87 bits per heavy atom. The average molecular weight is 313 g/mol. The summed E-state index contributed by atoms with van der Waals surface area (Å²) in [4.78, 5) is 13.1. The molecule has 0 spiro atoms. The Morgan fingerprint density at radius 1 is 1.04 bits per heavy atom. The zero-order valence-corrected chi connectivity index (χ0v) is 12.8. The molecule has 0 amide bonds. The first-order valence-electron chi connectivity index (χ1n) is 7.71. The molecular weight excluding hydrogens is 294 g/mol. The molecule has 2 N–H and O–H groups in total. The summed E-state index contributed by atoms with van der Waals surface area (Å²) in [6.07, 6.45) is 3.34. The van der Waals surface area contributed by atoms with Crippen molar-refractivity contribution in [2.75, 3.05) is 43.6 Å². The third-order valence-electron chi connectivity index (χ3n) is 4.18. The monoisotopic (exact) mass is 313 g/mol. The van der Waals surface area contributed by atoms with Crippen molar-refractivity contribution in [3.8, 4) is 11.5 Å². The lowest BCUT2D eigenvalue weighted by atomic mass is 10.1. The molecule has 1 aromatic carbocycles. The van der Waals surface area contributed by atoms with Gasteiger partial charge in [-0.2, -0.15) is 0 Å². The van der Waals surface area contributed by atoms with Crippen LogP contribution in [0.1, 0.15) is 5.56 Å². The number of benzene rings is 1. The summed E-state index contributed by atoms with van der Waals surface area (Å²) in [6, 6.07) is 6.15. The maximum Gasteiger partial charge on any atom is 0.231 e. The van der Waals surface area contributed by atoms with E-state index in [2.05, 4.69) is 31.9 Å². The van der Waals surface area contributed by atoms with Crippen LogP contribution in [0, 0.1) is 0 Å². The number of fused-ring (bicyclic) bond motifs is 1.